The van der Waals surface area contributed by atoms with E-state index < -0.39 is 0 Å². The number of amides is 1. The Morgan fingerprint density at radius 2 is 1.91 bits per heavy atom. The van der Waals surface area contributed by atoms with Crippen molar-refractivity contribution >= 4 is 11.7 Å². The molecule has 1 aliphatic heterocycles. The molecular weight excluding hydrogens is 142 g/mol. The van der Waals surface area contributed by atoms with Crippen LogP contribution in [0.5, 0.6) is 0 Å². The van der Waals surface area contributed by atoms with Gasteiger partial charge < -0.3 is 5.32 Å². The summed E-state index contributed by atoms with van der Waals surface area (Å²) >= 11 is 0. The third kappa shape index (κ3) is 0.951. The molecule has 2 rings (SSSR count). The fourth-order valence-corrected chi connectivity index (χ4v) is 1.82. The predicted octanol–water partition coefficient (Wildman–Crippen LogP) is 0.102. The standard InChI is InChI=1S/C8H11NO2/c10-7-3-4-9-8(11)6-2-1-5(6)7/h5-6H,1-4H2,(H,9,11). The number of Topliss-reactive ketones (excluding diaryl/α,β-unsaturated/α-hetero) is 1. The summed E-state index contributed by atoms with van der Waals surface area (Å²) in [6.07, 6.45) is 2.37. The predicted molar refractivity (Wildman–Crippen MR) is 38.8 cm³/mol. The van der Waals surface area contributed by atoms with Crippen molar-refractivity contribution in [3.05, 3.63) is 0 Å². The van der Waals surface area contributed by atoms with E-state index in [4.69, 9.17) is 0 Å². The summed E-state index contributed by atoms with van der Waals surface area (Å²) in [5, 5.41) is 2.75. The molecule has 2 aliphatic rings. The molecule has 1 aliphatic carbocycles. The molecule has 0 radical (unpaired) electrons. The van der Waals surface area contributed by atoms with E-state index in [0.717, 1.165) is 12.8 Å². The number of ketones is 1. The molecule has 2 atom stereocenters. The number of nitrogens with one attached hydrogen (secondary N) is 1. The lowest BCUT2D eigenvalue weighted by molar-refractivity contribution is -0.136. The van der Waals surface area contributed by atoms with Gasteiger partial charge in [0.2, 0.25) is 5.91 Å². The quantitative estimate of drug-likeness (QED) is 0.536. The lowest BCUT2D eigenvalue weighted by Crippen LogP contribution is -2.40. The molecule has 1 amide bonds. The number of carbonyl (C=O) groups is 2. The van der Waals surface area contributed by atoms with Gasteiger partial charge in [-0.25, -0.2) is 0 Å². The largest absolute Gasteiger partial charge is 0.355 e. The van der Waals surface area contributed by atoms with Gasteiger partial charge >= 0.3 is 0 Å². The van der Waals surface area contributed by atoms with Gasteiger partial charge in [0.25, 0.3) is 0 Å². The molecule has 1 saturated carbocycles. The van der Waals surface area contributed by atoms with Crippen molar-refractivity contribution < 1.29 is 9.59 Å². The second-order valence-electron chi connectivity index (χ2n) is 3.30. The van der Waals surface area contributed by atoms with Gasteiger partial charge in [0.1, 0.15) is 5.78 Å². The van der Waals surface area contributed by atoms with Gasteiger partial charge in [-0.1, -0.05) is 0 Å². The van der Waals surface area contributed by atoms with Gasteiger partial charge in [-0.3, -0.25) is 9.59 Å². The average Bonchev–Trinajstić information content (AvgIpc) is 1.90. The van der Waals surface area contributed by atoms with Crippen LogP contribution >= 0.6 is 0 Å². The molecule has 3 nitrogen and oxygen atoms in total. The lowest BCUT2D eigenvalue weighted by Gasteiger charge is -2.31. The zero-order valence-corrected chi connectivity index (χ0v) is 6.30. The highest BCUT2D eigenvalue weighted by Gasteiger charge is 2.42. The summed E-state index contributed by atoms with van der Waals surface area (Å²) < 4.78 is 0. The molecule has 0 aromatic carbocycles. The van der Waals surface area contributed by atoms with Crippen molar-refractivity contribution in [2.75, 3.05) is 6.54 Å². The van der Waals surface area contributed by atoms with E-state index in [1.165, 1.54) is 0 Å². The summed E-state index contributed by atoms with van der Waals surface area (Å²) in [6.45, 7) is 0.546. The van der Waals surface area contributed by atoms with Crippen LogP contribution in [0.25, 0.3) is 0 Å². The number of rotatable bonds is 0. The Balaban J connectivity index is 2.15. The molecule has 0 bridgehead atoms. The minimum absolute atomic E-state index is 0.0185. The number of hydrogen-bond acceptors (Lipinski definition) is 2. The second kappa shape index (κ2) is 2.32. The normalized spacial score (nSPS) is 36.7. The summed E-state index contributed by atoms with van der Waals surface area (Å²) in [4.78, 5) is 22.4. The number of carbonyl (C=O) groups excluding carboxylic acids is 2. The molecule has 0 aromatic rings. The van der Waals surface area contributed by atoms with E-state index >= 15 is 0 Å². The van der Waals surface area contributed by atoms with Crippen LogP contribution in [-0.2, 0) is 9.59 Å². The fourth-order valence-electron chi connectivity index (χ4n) is 1.82. The first kappa shape index (κ1) is 6.83. The van der Waals surface area contributed by atoms with Gasteiger partial charge in [-0.2, -0.15) is 0 Å². The molecule has 1 heterocycles. The van der Waals surface area contributed by atoms with Gasteiger partial charge in [-0.15, -0.1) is 0 Å². The average molecular weight is 153 g/mol. The van der Waals surface area contributed by atoms with Crippen LogP contribution in [0.3, 0.4) is 0 Å². The third-order valence-corrected chi connectivity index (χ3v) is 2.70. The van der Waals surface area contributed by atoms with Gasteiger partial charge in [0.05, 0.1) is 0 Å². The fraction of sp³-hybridized carbons (Fsp3) is 0.750. The SMILES string of the molecule is O=C1CCNC(=O)C2CCC12. The highest BCUT2D eigenvalue weighted by atomic mass is 16.2. The number of hydrogen-bond donors (Lipinski definition) is 1. The van der Waals surface area contributed by atoms with Gasteiger partial charge in [-0.05, 0) is 12.8 Å². The summed E-state index contributed by atoms with van der Waals surface area (Å²) in [5.41, 5.74) is 0. The first-order valence-electron chi connectivity index (χ1n) is 4.09. The van der Waals surface area contributed by atoms with Crippen LogP contribution in [-0.4, -0.2) is 18.2 Å². The molecule has 11 heavy (non-hydrogen) atoms. The van der Waals surface area contributed by atoms with Crippen LogP contribution in [0, 0.1) is 11.8 Å². The highest BCUT2D eigenvalue weighted by molar-refractivity contribution is 5.92. The Labute approximate surface area is 65.2 Å². The van der Waals surface area contributed by atoms with Crippen LogP contribution in [0.1, 0.15) is 19.3 Å². The molecule has 0 spiro atoms. The van der Waals surface area contributed by atoms with Gasteiger partial charge in [0, 0.05) is 24.8 Å². The van der Waals surface area contributed by atoms with E-state index in [1.54, 1.807) is 0 Å². The first-order chi connectivity index (χ1) is 5.29. The zero-order valence-electron chi connectivity index (χ0n) is 6.30. The van der Waals surface area contributed by atoms with E-state index in [1.807, 2.05) is 0 Å². The molecule has 3 heteroatoms. The Kier molecular flexibility index (Phi) is 1.44. The van der Waals surface area contributed by atoms with Crippen molar-refractivity contribution in [1.82, 2.24) is 5.32 Å². The summed E-state index contributed by atoms with van der Waals surface area (Å²) in [6, 6.07) is 0. The van der Waals surface area contributed by atoms with Crippen molar-refractivity contribution in [3.63, 3.8) is 0 Å². The maximum atomic E-state index is 11.2. The second-order valence-corrected chi connectivity index (χ2v) is 3.30. The van der Waals surface area contributed by atoms with Crippen molar-refractivity contribution in [2.45, 2.75) is 19.3 Å². The Bertz CT molecular complexity index is 190. The van der Waals surface area contributed by atoms with Gasteiger partial charge in [0.15, 0.2) is 0 Å². The lowest BCUT2D eigenvalue weighted by atomic mass is 9.71. The summed E-state index contributed by atoms with van der Waals surface area (Å²) in [5.74, 6) is 0.453. The van der Waals surface area contributed by atoms with E-state index in [2.05, 4.69) is 5.32 Å². The van der Waals surface area contributed by atoms with E-state index in [9.17, 15) is 9.59 Å². The smallest absolute Gasteiger partial charge is 0.223 e. The van der Waals surface area contributed by atoms with Crippen molar-refractivity contribution in [1.29, 1.82) is 0 Å². The third-order valence-electron chi connectivity index (χ3n) is 2.70. The van der Waals surface area contributed by atoms with E-state index in [0.29, 0.717) is 13.0 Å². The minimum Gasteiger partial charge on any atom is -0.355 e. The number of fused-ring (bicyclic) bond motifs is 1. The van der Waals surface area contributed by atoms with Crippen LogP contribution in [0.2, 0.25) is 0 Å². The molecule has 60 valence electrons. The molecule has 0 aromatic heterocycles. The topological polar surface area (TPSA) is 46.2 Å². The zero-order chi connectivity index (χ0) is 7.84. The molecule has 1 N–H and O–H groups in total. The Morgan fingerprint density at radius 1 is 1.18 bits per heavy atom. The molecule has 1 saturated heterocycles. The maximum Gasteiger partial charge on any atom is 0.223 e. The van der Waals surface area contributed by atoms with Crippen LogP contribution < -0.4 is 5.32 Å². The molecule has 2 unspecified atom stereocenters. The van der Waals surface area contributed by atoms with Crippen LogP contribution in [0.15, 0.2) is 0 Å². The monoisotopic (exact) mass is 153 g/mol. The van der Waals surface area contributed by atoms with Crippen molar-refractivity contribution in [2.24, 2.45) is 11.8 Å². The first-order valence-corrected chi connectivity index (χ1v) is 4.09. The van der Waals surface area contributed by atoms with E-state index in [-0.39, 0.29) is 23.5 Å². The summed E-state index contributed by atoms with van der Waals surface area (Å²) in [7, 11) is 0. The molecule has 2 fully saturated rings. The molecular formula is C8H11NO2. The maximum absolute atomic E-state index is 11.2. The van der Waals surface area contributed by atoms with Crippen molar-refractivity contribution in [3.8, 4) is 0 Å². The Morgan fingerprint density at radius 3 is 2.55 bits per heavy atom. The highest BCUT2D eigenvalue weighted by Crippen LogP contribution is 2.36. The Hall–Kier alpha value is -0.860. The minimum atomic E-state index is 0.0185. The van der Waals surface area contributed by atoms with Crippen LogP contribution in [0.4, 0.5) is 0 Å².